The van der Waals surface area contributed by atoms with Crippen LogP contribution in [0.1, 0.15) is 13.3 Å². The summed E-state index contributed by atoms with van der Waals surface area (Å²) in [5.74, 6) is -18.1. The molecule has 1 unspecified atom stereocenters. The van der Waals surface area contributed by atoms with Gasteiger partial charge in [0.25, 0.3) is 0 Å². The first-order valence-corrected chi connectivity index (χ1v) is 4.61. The zero-order valence-electron chi connectivity index (χ0n) is 8.95. The van der Waals surface area contributed by atoms with Crippen LogP contribution >= 0.6 is 0 Å². The molecule has 18 heavy (non-hydrogen) atoms. The lowest BCUT2D eigenvalue weighted by atomic mass is 10.1. The molecule has 0 aromatic heterocycles. The van der Waals surface area contributed by atoms with Gasteiger partial charge in [-0.3, -0.25) is 0 Å². The molecule has 0 amide bonds. The first-order valence-electron chi connectivity index (χ1n) is 4.61. The Morgan fingerprint density at radius 3 is 1.83 bits per heavy atom. The van der Waals surface area contributed by atoms with E-state index in [4.69, 9.17) is 5.11 Å². The van der Waals surface area contributed by atoms with Crippen molar-refractivity contribution in [1.29, 1.82) is 0 Å². The maximum absolute atomic E-state index is 12.8. The summed E-state index contributed by atoms with van der Waals surface area (Å²) in [6.45, 7) is -1.08. The lowest BCUT2D eigenvalue weighted by molar-refractivity contribution is -0.351. The van der Waals surface area contributed by atoms with Crippen molar-refractivity contribution in [2.24, 2.45) is 0 Å². The Hall–Kier alpha value is -0.640. The zero-order valence-corrected chi connectivity index (χ0v) is 8.95. The van der Waals surface area contributed by atoms with Gasteiger partial charge in [0.15, 0.2) is 6.29 Å². The number of halogens is 8. The summed E-state index contributed by atoms with van der Waals surface area (Å²) in [4.78, 5) is 0. The molecule has 0 heterocycles. The van der Waals surface area contributed by atoms with Crippen molar-refractivity contribution < 1.29 is 45.0 Å². The van der Waals surface area contributed by atoms with Crippen LogP contribution in [0.2, 0.25) is 0 Å². The van der Waals surface area contributed by atoms with Crippen molar-refractivity contribution in [2.75, 3.05) is 6.61 Å². The largest absolute Gasteiger partial charge is 0.380 e. The molecule has 2 nitrogen and oxygen atoms in total. The number of aliphatic hydroxyl groups is 1. The molecule has 1 atom stereocenters. The van der Waals surface area contributed by atoms with Crippen molar-refractivity contribution >= 4 is 0 Å². The average molecular weight is 290 g/mol. The van der Waals surface area contributed by atoms with Crippen molar-refractivity contribution in [2.45, 2.75) is 43.8 Å². The molecule has 0 aliphatic heterocycles. The van der Waals surface area contributed by atoms with Gasteiger partial charge in [-0.15, -0.1) is 0 Å². The van der Waals surface area contributed by atoms with Crippen molar-refractivity contribution in [3.8, 4) is 0 Å². The van der Waals surface area contributed by atoms with E-state index in [1.807, 2.05) is 0 Å². The van der Waals surface area contributed by atoms with Gasteiger partial charge in [0.2, 0.25) is 0 Å². The number of aliphatic hydroxyl groups excluding tert-OH is 1. The van der Waals surface area contributed by atoms with E-state index in [1.165, 1.54) is 6.92 Å². The first-order chi connectivity index (χ1) is 7.90. The molecule has 10 heteroatoms. The van der Waals surface area contributed by atoms with Gasteiger partial charge in [0.05, 0.1) is 0 Å². The molecule has 0 bridgehead atoms. The van der Waals surface area contributed by atoms with E-state index in [0.29, 0.717) is 0 Å². The highest BCUT2D eigenvalue weighted by Gasteiger charge is 2.75. The molecule has 0 rings (SSSR count). The monoisotopic (exact) mass is 290 g/mol. The minimum atomic E-state index is -6.30. The van der Waals surface area contributed by atoms with E-state index in [-0.39, 0.29) is 6.42 Å². The molecular weight excluding hydrogens is 280 g/mol. The number of hydrogen-bond donors (Lipinski definition) is 1. The van der Waals surface area contributed by atoms with E-state index in [1.54, 1.807) is 0 Å². The van der Waals surface area contributed by atoms with Gasteiger partial charge in [0.1, 0.15) is 6.61 Å². The zero-order chi connectivity index (χ0) is 14.8. The van der Waals surface area contributed by atoms with E-state index >= 15 is 0 Å². The van der Waals surface area contributed by atoms with Crippen LogP contribution in [0.4, 0.5) is 35.1 Å². The number of rotatable bonds is 7. The fourth-order valence-electron chi connectivity index (χ4n) is 0.790. The smallest absolute Gasteiger partial charge is 0.368 e. The lowest BCUT2D eigenvalue weighted by Gasteiger charge is -2.32. The quantitative estimate of drug-likeness (QED) is 0.577. The third kappa shape index (κ3) is 3.22. The van der Waals surface area contributed by atoms with Gasteiger partial charge in [-0.25, -0.2) is 8.78 Å². The molecule has 110 valence electrons. The Morgan fingerprint density at radius 1 is 1.06 bits per heavy atom. The topological polar surface area (TPSA) is 29.5 Å². The number of ether oxygens (including phenoxy) is 1. The maximum Gasteiger partial charge on any atom is 0.380 e. The molecule has 0 aliphatic rings. The van der Waals surface area contributed by atoms with Crippen LogP contribution in [0.3, 0.4) is 0 Å². The van der Waals surface area contributed by atoms with Crippen molar-refractivity contribution in [1.82, 2.24) is 0 Å². The van der Waals surface area contributed by atoms with Crippen LogP contribution in [-0.4, -0.2) is 42.2 Å². The highest BCUT2D eigenvalue weighted by atomic mass is 19.4. The molecule has 0 spiro atoms. The van der Waals surface area contributed by atoms with E-state index in [2.05, 4.69) is 4.74 Å². The molecule has 1 N–H and O–H groups in total. The minimum Gasteiger partial charge on any atom is -0.368 e. The van der Waals surface area contributed by atoms with Gasteiger partial charge >= 0.3 is 24.2 Å². The molecule has 0 fully saturated rings. The molecule has 0 aliphatic carbocycles. The van der Waals surface area contributed by atoms with Crippen LogP contribution in [0.5, 0.6) is 0 Å². The minimum absolute atomic E-state index is 0.271. The lowest BCUT2D eigenvalue weighted by Crippen LogP contribution is -2.59. The second-order valence-electron chi connectivity index (χ2n) is 3.38. The standard InChI is InChI=1S/C8H10F8O2/c1-2-4(17)18-3-6(11,12)8(15,16)7(13,14)5(9)10/h4-5,17H,2-3H2,1H3. The highest BCUT2D eigenvalue weighted by molar-refractivity contribution is 4.97. The molecule has 0 saturated carbocycles. The molecule has 0 radical (unpaired) electrons. The fraction of sp³-hybridized carbons (Fsp3) is 1.00. The Morgan fingerprint density at radius 2 is 1.50 bits per heavy atom. The summed E-state index contributed by atoms with van der Waals surface area (Å²) < 4.78 is 103. The average Bonchev–Trinajstić information content (AvgIpc) is 2.25. The second-order valence-corrected chi connectivity index (χ2v) is 3.38. The highest BCUT2D eigenvalue weighted by Crippen LogP contribution is 2.48. The van der Waals surface area contributed by atoms with Crippen molar-refractivity contribution in [3.05, 3.63) is 0 Å². The Kier molecular flexibility index (Phi) is 5.36. The second kappa shape index (κ2) is 5.55. The van der Waals surface area contributed by atoms with Crippen molar-refractivity contribution in [3.63, 3.8) is 0 Å². The van der Waals surface area contributed by atoms with Gasteiger partial charge in [0, 0.05) is 0 Å². The third-order valence-electron chi connectivity index (χ3n) is 1.96. The Balaban J connectivity index is 4.96. The van der Waals surface area contributed by atoms with Gasteiger partial charge in [-0.05, 0) is 6.42 Å². The van der Waals surface area contributed by atoms with Gasteiger partial charge in [-0.2, -0.15) is 26.3 Å². The SMILES string of the molecule is CCC(O)OCC(F)(F)C(F)(F)C(F)(F)C(F)F. The van der Waals surface area contributed by atoms with Gasteiger partial charge < -0.3 is 9.84 Å². The first kappa shape index (κ1) is 17.4. The predicted molar refractivity (Wildman–Crippen MR) is 43.1 cm³/mol. The van der Waals surface area contributed by atoms with Crippen LogP contribution in [0, 0.1) is 0 Å². The number of hydrogen-bond acceptors (Lipinski definition) is 2. The normalized spacial score (nSPS) is 16.2. The fourth-order valence-corrected chi connectivity index (χ4v) is 0.790. The van der Waals surface area contributed by atoms with Crippen LogP contribution in [-0.2, 0) is 4.74 Å². The third-order valence-corrected chi connectivity index (χ3v) is 1.96. The number of alkyl halides is 8. The predicted octanol–water partition coefficient (Wildman–Crippen LogP) is 2.90. The Bertz CT molecular complexity index is 268. The van der Waals surface area contributed by atoms with Gasteiger partial charge in [-0.1, -0.05) is 6.92 Å². The maximum atomic E-state index is 12.8. The van der Waals surface area contributed by atoms with E-state index in [9.17, 15) is 35.1 Å². The Labute approximate surface area is 96.5 Å². The molecule has 0 aromatic carbocycles. The summed E-state index contributed by atoms with van der Waals surface area (Å²) >= 11 is 0. The van der Waals surface area contributed by atoms with E-state index < -0.39 is 37.1 Å². The molecule has 0 aromatic rings. The summed E-state index contributed by atoms with van der Waals surface area (Å²) in [5.41, 5.74) is 0. The summed E-state index contributed by atoms with van der Waals surface area (Å²) in [6.07, 6.45) is -7.12. The van der Waals surface area contributed by atoms with E-state index in [0.717, 1.165) is 0 Å². The summed E-state index contributed by atoms with van der Waals surface area (Å²) in [7, 11) is 0. The van der Waals surface area contributed by atoms with Crippen LogP contribution in [0.15, 0.2) is 0 Å². The summed E-state index contributed by atoms with van der Waals surface area (Å²) in [6, 6.07) is 0. The summed E-state index contributed by atoms with van der Waals surface area (Å²) in [5, 5.41) is 8.66. The molecule has 0 saturated heterocycles. The molecular formula is C8H10F8O2. The van der Waals surface area contributed by atoms with Crippen LogP contribution in [0.25, 0.3) is 0 Å². The van der Waals surface area contributed by atoms with Crippen LogP contribution < -0.4 is 0 Å².